The summed E-state index contributed by atoms with van der Waals surface area (Å²) in [7, 11) is 0. The van der Waals surface area contributed by atoms with Crippen LogP contribution in [0.15, 0.2) is 24.3 Å². The van der Waals surface area contributed by atoms with E-state index >= 15 is 0 Å². The molecule has 6 nitrogen and oxygen atoms in total. The number of carboxylic acids is 1. The largest absolute Gasteiger partial charge is 0.475 e. The maximum Gasteiger partial charge on any atom is 0.375 e. The molecule has 1 aromatic carbocycles. The van der Waals surface area contributed by atoms with Crippen LogP contribution in [0.25, 0.3) is 5.69 Å². The van der Waals surface area contributed by atoms with E-state index in [4.69, 9.17) is 10.4 Å². The normalized spacial score (nSPS) is 9.88. The molecule has 0 aliphatic heterocycles. The lowest BCUT2D eigenvalue weighted by Crippen LogP contribution is -2.02. The van der Waals surface area contributed by atoms with Crippen molar-refractivity contribution in [1.82, 2.24) is 14.8 Å². The van der Waals surface area contributed by atoms with Gasteiger partial charge in [-0.25, -0.2) is 14.5 Å². The van der Waals surface area contributed by atoms with E-state index in [-0.39, 0.29) is 5.82 Å². The van der Waals surface area contributed by atoms with Crippen molar-refractivity contribution in [3.63, 3.8) is 0 Å². The van der Waals surface area contributed by atoms with Gasteiger partial charge in [0, 0.05) is 0 Å². The zero-order valence-electron chi connectivity index (χ0n) is 8.95. The number of aromatic nitrogens is 3. The summed E-state index contributed by atoms with van der Waals surface area (Å²) < 4.78 is 1.42. The molecule has 1 N–H and O–H groups in total. The van der Waals surface area contributed by atoms with Crippen molar-refractivity contribution < 1.29 is 9.90 Å². The molecule has 0 radical (unpaired) electrons. The number of nitriles is 1. The Hall–Kier alpha value is -2.68. The van der Waals surface area contributed by atoms with Crippen LogP contribution < -0.4 is 0 Å². The molecular weight excluding hydrogens is 220 g/mol. The highest BCUT2D eigenvalue weighted by molar-refractivity contribution is 5.83. The fourth-order valence-corrected chi connectivity index (χ4v) is 1.40. The molecule has 0 unspecified atom stereocenters. The number of benzene rings is 1. The van der Waals surface area contributed by atoms with Crippen molar-refractivity contribution in [2.75, 3.05) is 0 Å². The first-order chi connectivity index (χ1) is 8.11. The first-order valence-electron chi connectivity index (χ1n) is 4.79. The average molecular weight is 228 g/mol. The van der Waals surface area contributed by atoms with E-state index in [0.717, 1.165) is 0 Å². The van der Waals surface area contributed by atoms with E-state index in [1.165, 1.54) is 4.68 Å². The van der Waals surface area contributed by atoms with Gasteiger partial charge in [0.15, 0.2) is 0 Å². The van der Waals surface area contributed by atoms with Gasteiger partial charge in [0.1, 0.15) is 5.82 Å². The quantitative estimate of drug-likeness (QED) is 0.832. The Morgan fingerprint density at radius 3 is 2.53 bits per heavy atom. The van der Waals surface area contributed by atoms with Crippen LogP contribution >= 0.6 is 0 Å². The molecule has 1 heterocycles. The van der Waals surface area contributed by atoms with Gasteiger partial charge in [-0.05, 0) is 31.2 Å². The lowest BCUT2D eigenvalue weighted by Gasteiger charge is -2.01. The van der Waals surface area contributed by atoms with E-state index in [1.54, 1.807) is 31.2 Å². The van der Waals surface area contributed by atoms with Crippen molar-refractivity contribution in [1.29, 1.82) is 5.26 Å². The summed E-state index contributed by atoms with van der Waals surface area (Å²) in [4.78, 5) is 14.5. The van der Waals surface area contributed by atoms with E-state index in [9.17, 15) is 4.79 Å². The van der Waals surface area contributed by atoms with E-state index in [0.29, 0.717) is 17.1 Å². The number of carboxylic acid groups (broad SMARTS) is 1. The number of nitrogens with zero attached hydrogens (tertiary/aromatic N) is 4. The van der Waals surface area contributed by atoms with Crippen molar-refractivity contribution in [3.05, 3.63) is 41.5 Å². The van der Waals surface area contributed by atoms with Gasteiger partial charge in [-0.15, -0.1) is 5.10 Å². The van der Waals surface area contributed by atoms with Crippen molar-refractivity contribution >= 4 is 5.97 Å². The van der Waals surface area contributed by atoms with Crippen LogP contribution in [0.1, 0.15) is 22.0 Å². The highest BCUT2D eigenvalue weighted by Gasteiger charge is 2.13. The number of hydrogen-bond donors (Lipinski definition) is 1. The maximum absolute atomic E-state index is 10.7. The summed E-state index contributed by atoms with van der Waals surface area (Å²) in [5.74, 6) is -0.931. The number of hydrogen-bond acceptors (Lipinski definition) is 4. The number of rotatable bonds is 2. The monoisotopic (exact) mass is 228 g/mol. The SMILES string of the molecule is Cc1nc(C(=O)O)nn1-c1ccc(C#N)cc1. The molecule has 2 aromatic rings. The molecule has 0 saturated carbocycles. The molecule has 17 heavy (non-hydrogen) atoms. The molecule has 84 valence electrons. The van der Waals surface area contributed by atoms with Gasteiger partial charge in [0.05, 0.1) is 17.3 Å². The summed E-state index contributed by atoms with van der Waals surface area (Å²) >= 11 is 0. The van der Waals surface area contributed by atoms with Gasteiger partial charge >= 0.3 is 5.97 Å². The van der Waals surface area contributed by atoms with E-state index in [2.05, 4.69) is 10.1 Å². The third-order valence-electron chi connectivity index (χ3n) is 2.20. The molecular formula is C11H8N4O2. The smallest absolute Gasteiger partial charge is 0.375 e. The third kappa shape index (κ3) is 1.99. The second-order valence-corrected chi connectivity index (χ2v) is 3.36. The molecule has 2 rings (SSSR count). The van der Waals surface area contributed by atoms with Gasteiger partial charge in [0.2, 0.25) is 0 Å². The fraction of sp³-hybridized carbons (Fsp3) is 0.0909. The Bertz CT molecular complexity index is 607. The summed E-state index contributed by atoms with van der Waals surface area (Å²) in [5, 5.41) is 21.3. The molecule has 0 aliphatic carbocycles. The highest BCUT2D eigenvalue weighted by atomic mass is 16.4. The second-order valence-electron chi connectivity index (χ2n) is 3.36. The number of aromatic carboxylic acids is 1. The van der Waals surface area contributed by atoms with Crippen LogP contribution in [0.2, 0.25) is 0 Å². The summed E-state index contributed by atoms with van der Waals surface area (Å²) in [6.07, 6.45) is 0. The Balaban J connectivity index is 2.46. The lowest BCUT2D eigenvalue weighted by molar-refractivity contribution is 0.0683. The highest BCUT2D eigenvalue weighted by Crippen LogP contribution is 2.10. The second kappa shape index (κ2) is 4.06. The van der Waals surface area contributed by atoms with Crippen LogP contribution in [-0.2, 0) is 0 Å². The molecule has 0 spiro atoms. The minimum absolute atomic E-state index is 0.244. The van der Waals surface area contributed by atoms with Crippen molar-refractivity contribution in [2.45, 2.75) is 6.92 Å². The average Bonchev–Trinajstić information content (AvgIpc) is 2.72. The Morgan fingerprint density at radius 2 is 2.06 bits per heavy atom. The standard InChI is InChI=1S/C11H8N4O2/c1-7-13-10(11(16)17)14-15(7)9-4-2-8(6-12)3-5-9/h2-5H,1H3,(H,16,17). The van der Waals surface area contributed by atoms with Crippen LogP contribution in [0, 0.1) is 18.3 Å². The summed E-state index contributed by atoms with van der Waals surface area (Å²) in [6.45, 7) is 1.66. The van der Waals surface area contributed by atoms with E-state index in [1.807, 2.05) is 6.07 Å². The van der Waals surface area contributed by atoms with Gasteiger partial charge in [-0.3, -0.25) is 0 Å². The minimum Gasteiger partial charge on any atom is -0.475 e. The molecule has 0 saturated heterocycles. The van der Waals surface area contributed by atoms with Crippen molar-refractivity contribution in [3.8, 4) is 11.8 Å². The molecule has 0 atom stereocenters. The lowest BCUT2D eigenvalue weighted by atomic mass is 10.2. The molecule has 0 fully saturated rings. The maximum atomic E-state index is 10.7. The molecule has 0 amide bonds. The first-order valence-corrected chi connectivity index (χ1v) is 4.79. The Kier molecular flexibility index (Phi) is 2.58. The van der Waals surface area contributed by atoms with E-state index < -0.39 is 5.97 Å². The van der Waals surface area contributed by atoms with Gasteiger partial charge in [0.25, 0.3) is 5.82 Å². The summed E-state index contributed by atoms with van der Waals surface area (Å²) in [5.41, 5.74) is 1.20. The third-order valence-corrected chi connectivity index (χ3v) is 2.20. The Morgan fingerprint density at radius 1 is 1.41 bits per heavy atom. The van der Waals surface area contributed by atoms with Crippen molar-refractivity contribution in [2.24, 2.45) is 0 Å². The number of aryl methyl sites for hydroxylation is 1. The molecule has 1 aromatic heterocycles. The predicted octanol–water partition coefficient (Wildman–Crippen LogP) is 1.15. The van der Waals surface area contributed by atoms with Crippen LogP contribution in [0.5, 0.6) is 0 Å². The van der Waals surface area contributed by atoms with Gasteiger partial charge in [-0.1, -0.05) is 0 Å². The zero-order valence-corrected chi connectivity index (χ0v) is 8.95. The summed E-state index contributed by atoms with van der Waals surface area (Å²) in [6, 6.07) is 8.65. The van der Waals surface area contributed by atoms with Gasteiger partial charge in [-0.2, -0.15) is 5.26 Å². The topological polar surface area (TPSA) is 91.8 Å². The Labute approximate surface area is 96.8 Å². The number of carbonyl (C=O) groups is 1. The van der Waals surface area contributed by atoms with Gasteiger partial charge < -0.3 is 5.11 Å². The molecule has 0 aliphatic rings. The fourth-order valence-electron chi connectivity index (χ4n) is 1.40. The zero-order chi connectivity index (χ0) is 12.4. The minimum atomic E-state index is -1.17. The van der Waals surface area contributed by atoms with Crippen LogP contribution in [0.4, 0.5) is 0 Å². The molecule has 0 bridgehead atoms. The predicted molar refractivity (Wildman–Crippen MR) is 57.8 cm³/mol. The molecule has 6 heteroatoms. The van der Waals surface area contributed by atoms with Crippen LogP contribution in [0.3, 0.4) is 0 Å². The van der Waals surface area contributed by atoms with Crippen LogP contribution in [-0.4, -0.2) is 25.8 Å². The first kappa shape index (κ1) is 10.8.